The lowest BCUT2D eigenvalue weighted by atomic mass is 10.2. The summed E-state index contributed by atoms with van der Waals surface area (Å²) in [5.74, 6) is 0.801. The van der Waals surface area contributed by atoms with E-state index in [4.69, 9.17) is 14.7 Å². The summed E-state index contributed by atoms with van der Waals surface area (Å²) >= 11 is 0. The first-order valence-electron chi connectivity index (χ1n) is 6.07. The molecule has 0 saturated heterocycles. The van der Waals surface area contributed by atoms with E-state index in [0.29, 0.717) is 11.3 Å². The van der Waals surface area contributed by atoms with Crippen molar-refractivity contribution in [1.82, 2.24) is 0 Å². The summed E-state index contributed by atoms with van der Waals surface area (Å²) in [5, 5.41) is 20.2. The van der Waals surface area contributed by atoms with Gasteiger partial charge in [-0.3, -0.25) is 10.1 Å². The molecular formula is C15H12N2O4. The van der Waals surface area contributed by atoms with Crippen LogP contribution in [0.1, 0.15) is 11.1 Å². The van der Waals surface area contributed by atoms with Gasteiger partial charge in [0.25, 0.3) is 0 Å². The van der Waals surface area contributed by atoms with Crippen LogP contribution in [0.25, 0.3) is 0 Å². The predicted molar refractivity (Wildman–Crippen MR) is 75.6 cm³/mol. The van der Waals surface area contributed by atoms with E-state index in [1.54, 1.807) is 25.1 Å². The third-order valence-electron chi connectivity index (χ3n) is 2.91. The number of hydrogen-bond acceptors (Lipinski definition) is 5. The van der Waals surface area contributed by atoms with Crippen molar-refractivity contribution in [2.24, 2.45) is 0 Å². The monoisotopic (exact) mass is 284 g/mol. The number of aryl methyl sites for hydroxylation is 1. The van der Waals surface area contributed by atoms with Crippen molar-refractivity contribution in [1.29, 1.82) is 5.26 Å². The molecule has 2 rings (SSSR count). The van der Waals surface area contributed by atoms with Gasteiger partial charge in [0, 0.05) is 11.6 Å². The Kier molecular flexibility index (Phi) is 4.05. The summed E-state index contributed by atoms with van der Waals surface area (Å²) in [7, 11) is 1.49. The molecule has 0 aliphatic rings. The van der Waals surface area contributed by atoms with Crippen molar-refractivity contribution in [2.45, 2.75) is 6.92 Å². The normalized spacial score (nSPS) is 9.76. The molecule has 0 aliphatic carbocycles. The number of nitriles is 1. The highest BCUT2D eigenvalue weighted by Gasteiger charge is 2.20. The molecule has 0 saturated carbocycles. The molecule has 0 fully saturated rings. The topological polar surface area (TPSA) is 85.4 Å². The maximum Gasteiger partial charge on any atom is 0.314 e. The Morgan fingerprint density at radius 2 is 2.00 bits per heavy atom. The van der Waals surface area contributed by atoms with Gasteiger partial charge in [0.1, 0.15) is 17.6 Å². The summed E-state index contributed by atoms with van der Waals surface area (Å²) in [6.07, 6.45) is 0. The minimum atomic E-state index is -0.503. The molecule has 0 atom stereocenters. The molecule has 2 aromatic rings. The SMILES string of the molecule is COc1ccc(C#N)c(Oc2cccc(C)c2[N+](=O)[O-])c1. The van der Waals surface area contributed by atoms with Gasteiger partial charge in [-0.25, -0.2) is 0 Å². The first-order valence-corrected chi connectivity index (χ1v) is 6.07. The number of benzene rings is 2. The van der Waals surface area contributed by atoms with Crippen molar-refractivity contribution in [3.63, 3.8) is 0 Å². The fourth-order valence-electron chi connectivity index (χ4n) is 1.87. The molecule has 0 amide bonds. The minimum Gasteiger partial charge on any atom is -0.497 e. The number of ether oxygens (including phenoxy) is 2. The fourth-order valence-corrected chi connectivity index (χ4v) is 1.87. The third-order valence-corrected chi connectivity index (χ3v) is 2.91. The van der Waals surface area contributed by atoms with Crippen molar-refractivity contribution in [3.05, 3.63) is 57.6 Å². The zero-order valence-electron chi connectivity index (χ0n) is 11.5. The van der Waals surface area contributed by atoms with Gasteiger partial charge in [-0.2, -0.15) is 5.26 Å². The van der Waals surface area contributed by atoms with Crippen LogP contribution in [0.15, 0.2) is 36.4 Å². The molecule has 21 heavy (non-hydrogen) atoms. The fraction of sp³-hybridized carbons (Fsp3) is 0.133. The molecule has 0 aliphatic heterocycles. The van der Waals surface area contributed by atoms with Gasteiger partial charge in [0.05, 0.1) is 17.6 Å². The Labute approximate surface area is 121 Å². The summed E-state index contributed by atoms with van der Waals surface area (Å²) < 4.78 is 10.6. The molecule has 106 valence electrons. The van der Waals surface area contributed by atoms with Crippen LogP contribution < -0.4 is 9.47 Å². The van der Waals surface area contributed by atoms with E-state index in [-0.39, 0.29) is 22.7 Å². The Morgan fingerprint density at radius 1 is 1.24 bits per heavy atom. The van der Waals surface area contributed by atoms with Crippen molar-refractivity contribution in [2.75, 3.05) is 7.11 Å². The van der Waals surface area contributed by atoms with Crippen LogP contribution in [0.2, 0.25) is 0 Å². The van der Waals surface area contributed by atoms with Crippen molar-refractivity contribution >= 4 is 5.69 Å². The zero-order valence-corrected chi connectivity index (χ0v) is 11.5. The summed E-state index contributed by atoms with van der Waals surface area (Å²) in [5.41, 5.74) is 0.634. The molecular weight excluding hydrogens is 272 g/mol. The second kappa shape index (κ2) is 5.92. The number of hydrogen-bond donors (Lipinski definition) is 0. The van der Waals surface area contributed by atoms with E-state index in [1.807, 2.05) is 6.07 Å². The van der Waals surface area contributed by atoms with Crippen LogP contribution in [0.4, 0.5) is 5.69 Å². The first kappa shape index (κ1) is 14.3. The maximum absolute atomic E-state index is 11.1. The summed E-state index contributed by atoms with van der Waals surface area (Å²) in [6, 6.07) is 11.4. The van der Waals surface area contributed by atoms with Crippen LogP contribution >= 0.6 is 0 Å². The molecule has 0 radical (unpaired) electrons. The molecule has 6 nitrogen and oxygen atoms in total. The van der Waals surface area contributed by atoms with Crippen molar-refractivity contribution < 1.29 is 14.4 Å². The van der Waals surface area contributed by atoms with Gasteiger partial charge >= 0.3 is 5.69 Å². The average molecular weight is 284 g/mol. The second-order valence-electron chi connectivity index (χ2n) is 4.25. The van der Waals surface area contributed by atoms with Crippen LogP contribution in [0.3, 0.4) is 0 Å². The predicted octanol–water partition coefficient (Wildman–Crippen LogP) is 3.58. The summed E-state index contributed by atoms with van der Waals surface area (Å²) in [6.45, 7) is 1.63. The zero-order chi connectivity index (χ0) is 15.4. The van der Waals surface area contributed by atoms with Gasteiger partial charge in [0.2, 0.25) is 5.75 Å². The quantitative estimate of drug-likeness (QED) is 0.632. The van der Waals surface area contributed by atoms with Gasteiger partial charge in [-0.05, 0) is 25.1 Å². The second-order valence-corrected chi connectivity index (χ2v) is 4.25. The largest absolute Gasteiger partial charge is 0.497 e. The van der Waals surface area contributed by atoms with E-state index in [0.717, 1.165) is 0 Å². The van der Waals surface area contributed by atoms with E-state index >= 15 is 0 Å². The number of nitrogens with zero attached hydrogens (tertiary/aromatic N) is 2. The van der Waals surface area contributed by atoms with Crippen LogP contribution in [-0.2, 0) is 0 Å². The van der Waals surface area contributed by atoms with Gasteiger partial charge in [0.15, 0.2) is 0 Å². The molecule has 0 heterocycles. The van der Waals surface area contributed by atoms with E-state index in [9.17, 15) is 10.1 Å². The Balaban J connectivity index is 2.50. The lowest BCUT2D eigenvalue weighted by Gasteiger charge is -2.10. The van der Waals surface area contributed by atoms with Gasteiger partial charge in [-0.15, -0.1) is 0 Å². The third kappa shape index (κ3) is 2.92. The Hall–Kier alpha value is -3.07. The van der Waals surface area contributed by atoms with Crippen LogP contribution in [0, 0.1) is 28.4 Å². The lowest BCUT2D eigenvalue weighted by Crippen LogP contribution is -1.97. The van der Waals surface area contributed by atoms with E-state index in [2.05, 4.69) is 0 Å². The standard InChI is InChI=1S/C15H12N2O4/c1-10-4-3-5-13(15(10)17(18)19)21-14-8-12(20-2)7-6-11(14)9-16/h3-8H,1-2H3. The molecule has 0 N–H and O–H groups in total. The molecule has 6 heteroatoms. The Morgan fingerprint density at radius 3 is 2.62 bits per heavy atom. The number of methoxy groups -OCH3 is 1. The average Bonchev–Trinajstić information content (AvgIpc) is 2.46. The summed E-state index contributed by atoms with van der Waals surface area (Å²) in [4.78, 5) is 10.6. The molecule has 0 bridgehead atoms. The van der Waals surface area contributed by atoms with E-state index in [1.165, 1.54) is 25.3 Å². The Bertz CT molecular complexity index is 735. The molecule has 0 aromatic heterocycles. The molecule has 0 spiro atoms. The highest BCUT2D eigenvalue weighted by atomic mass is 16.6. The number of rotatable bonds is 4. The number of para-hydroxylation sites is 1. The smallest absolute Gasteiger partial charge is 0.314 e. The highest BCUT2D eigenvalue weighted by Crippen LogP contribution is 2.36. The molecule has 2 aromatic carbocycles. The van der Waals surface area contributed by atoms with Crippen LogP contribution in [-0.4, -0.2) is 12.0 Å². The van der Waals surface area contributed by atoms with Crippen LogP contribution in [0.5, 0.6) is 17.2 Å². The number of nitro groups is 1. The minimum absolute atomic E-state index is 0.0877. The number of nitro benzene ring substituents is 1. The first-order chi connectivity index (χ1) is 10.1. The maximum atomic E-state index is 11.1. The molecule has 0 unspecified atom stereocenters. The lowest BCUT2D eigenvalue weighted by molar-refractivity contribution is -0.386. The highest BCUT2D eigenvalue weighted by molar-refractivity contribution is 5.56. The van der Waals surface area contributed by atoms with Gasteiger partial charge in [-0.1, -0.05) is 12.1 Å². The van der Waals surface area contributed by atoms with Gasteiger partial charge < -0.3 is 9.47 Å². The van der Waals surface area contributed by atoms with Crippen molar-refractivity contribution in [3.8, 4) is 23.3 Å². The van der Waals surface area contributed by atoms with E-state index < -0.39 is 4.92 Å².